The molecule has 0 saturated carbocycles. The third-order valence-electron chi connectivity index (χ3n) is 2.00. The molecule has 0 unspecified atom stereocenters. The van der Waals surface area contributed by atoms with Crippen molar-refractivity contribution in [3.63, 3.8) is 0 Å². The van der Waals surface area contributed by atoms with Gasteiger partial charge in [-0.25, -0.2) is 4.98 Å². The Bertz CT molecular complexity index is 444. The van der Waals surface area contributed by atoms with Crippen molar-refractivity contribution in [2.45, 2.75) is 19.9 Å². The molecule has 5 heteroatoms. The van der Waals surface area contributed by atoms with E-state index < -0.39 is 0 Å². The third kappa shape index (κ3) is 2.18. The van der Waals surface area contributed by atoms with E-state index in [9.17, 15) is 0 Å². The zero-order chi connectivity index (χ0) is 10.8. The molecule has 2 aromatic rings. The summed E-state index contributed by atoms with van der Waals surface area (Å²) >= 11 is 1.62. The van der Waals surface area contributed by atoms with Crippen LogP contribution in [-0.2, 0) is 7.05 Å². The van der Waals surface area contributed by atoms with Crippen LogP contribution < -0.4 is 5.32 Å². The van der Waals surface area contributed by atoms with Gasteiger partial charge < -0.3 is 5.32 Å². The normalized spacial score (nSPS) is 10.9. The summed E-state index contributed by atoms with van der Waals surface area (Å²) in [4.78, 5) is 4.50. The molecule has 2 heterocycles. The molecular weight excluding hydrogens is 208 g/mol. The molecule has 0 radical (unpaired) electrons. The van der Waals surface area contributed by atoms with E-state index in [0.29, 0.717) is 6.04 Å². The van der Waals surface area contributed by atoms with Crippen molar-refractivity contribution in [3.8, 4) is 11.4 Å². The summed E-state index contributed by atoms with van der Waals surface area (Å²) in [5, 5.41) is 10.4. The van der Waals surface area contributed by atoms with Crippen molar-refractivity contribution in [3.05, 3.63) is 17.6 Å². The molecule has 0 aromatic carbocycles. The SMILES string of the molecule is CC(C)Nc1nc(-c2ccnn2C)cs1. The predicted molar refractivity (Wildman–Crippen MR) is 63.1 cm³/mol. The lowest BCUT2D eigenvalue weighted by Crippen LogP contribution is -2.09. The predicted octanol–water partition coefficient (Wildman–Crippen LogP) is 2.36. The van der Waals surface area contributed by atoms with Crippen LogP contribution in [-0.4, -0.2) is 20.8 Å². The number of hydrogen-bond donors (Lipinski definition) is 1. The zero-order valence-corrected chi connectivity index (χ0v) is 9.88. The molecule has 0 amide bonds. The van der Waals surface area contributed by atoms with Crippen molar-refractivity contribution < 1.29 is 0 Å². The Morgan fingerprint density at radius 2 is 2.27 bits per heavy atom. The summed E-state index contributed by atoms with van der Waals surface area (Å²) < 4.78 is 1.83. The quantitative estimate of drug-likeness (QED) is 0.867. The van der Waals surface area contributed by atoms with Gasteiger partial charge >= 0.3 is 0 Å². The minimum absolute atomic E-state index is 0.413. The zero-order valence-electron chi connectivity index (χ0n) is 9.06. The molecule has 0 aliphatic carbocycles. The van der Waals surface area contributed by atoms with Gasteiger partial charge in [0.1, 0.15) is 5.69 Å². The topological polar surface area (TPSA) is 42.7 Å². The van der Waals surface area contributed by atoms with Crippen molar-refractivity contribution in [1.29, 1.82) is 0 Å². The van der Waals surface area contributed by atoms with E-state index in [1.54, 1.807) is 17.5 Å². The molecule has 0 atom stereocenters. The van der Waals surface area contributed by atoms with E-state index in [1.165, 1.54) is 0 Å². The second-order valence-corrected chi connectivity index (χ2v) is 4.54. The smallest absolute Gasteiger partial charge is 0.183 e. The summed E-state index contributed by atoms with van der Waals surface area (Å²) in [5.74, 6) is 0. The summed E-state index contributed by atoms with van der Waals surface area (Å²) in [6.07, 6.45) is 1.78. The van der Waals surface area contributed by atoms with Crippen LogP contribution >= 0.6 is 11.3 Å². The first-order valence-corrected chi connectivity index (χ1v) is 5.75. The monoisotopic (exact) mass is 222 g/mol. The van der Waals surface area contributed by atoms with E-state index in [2.05, 4.69) is 29.2 Å². The lowest BCUT2D eigenvalue weighted by molar-refractivity contribution is 0.774. The molecule has 15 heavy (non-hydrogen) atoms. The Kier molecular flexibility index (Phi) is 2.73. The maximum absolute atomic E-state index is 4.50. The van der Waals surface area contributed by atoms with Gasteiger partial charge in [-0.05, 0) is 19.9 Å². The molecule has 80 valence electrons. The molecule has 4 nitrogen and oxygen atoms in total. The second kappa shape index (κ2) is 4.02. The van der Waals surface area contributed by atoms with Gasteiger partial charge in [0.2, 0.25) is 0 Å². The first kappa shape index (κ1) is 10.2. The average molecular weight is 222 g/mol. The van der Waals surface area contributed by atoms with Crippen LogP contribution in [0.2, 0.25) is 0 Å². The largest absolute Gasteiger partial charge is 0.359 e. The minimum atomic E-state index is 0.413. The second-order valence-electron chi connectivity index (χ2n) is 3.68. The van der Waals surface area contributed by atoms with Gasteiger partial charge in [-0.2, -0.15) is 5.10 Å². The number of aryl methyl sites for hydroxylation is 1. The van der Waals surface area contributed by atoms with Crippen LogP contribution in [0.25, 0.3) is 11.4 Å². The van der Waals surface area contributed by atoms with Crippen LogP contribution in [0.4, 0.5) is 5.13 Å². The first-order valence-electron chi connectivity index (χ1n) is 4.87. The van der Waals surface area contributed by atoms with Crippen LogP contribution in [0.15, 0.2) is 17.6 Å². The number of anilines is 1. The van der Waals surface area contributed by atoms with Gasteiger partial charge in [0.05, 0.1) is 5.69 Å². The van der Waals surface area contributed by atoms with E-state index in [1.807, 2.05) is 23.2 Å². The van der Waals surface area contributed by atoms with Crippen molar-refractivity contribution >= 4 is 16.5 Å². The van der Waals surface area contributed by atoms with E-state index in [-0.39, 0.29) is 0 Å². The minimum Gasteiger partial charge on any atom is -0.359 e. The molecule has 0 aliphatic heterocycles. The van der Waals surface area contributed by atoms with Crippen LogP contribution in [0.1, 0.15) is 13.8 Å². The Hall–Kier alpha value is -1.36. The molecule has 2 rings (SSSR count). The molecule has 0 fully saturated rings. The van der Waals surface area contributed by atoms with E-state index in [0.717, 1.165) is 16.5 Å². The van der Waals surface area contributed by atoms with Gasteiger partial charge in [0, 0.05) is 24.7 Å². The molecule has 0 saturated heterocycles. The summed E-state index contributed by atoms with van der Waals surface area (Å²) in [5.41, 5.74) is 2.02. The van der Waals surface area contributed by atoms with Crippen LogP contribution in [0.5, 0.6) is 0 Å². The Labute approximate surface area is 93.0 Å². The van der Waals surface area contributed by atoms with Crippen LogP contribution in [0, 0.1) is 0 Å². The highest BCUT2D eigenvalue weighted by Crippen LogP contribution is 2.24. The fourth-order valence-electron chi connectivity index (χ4n) is 1.33. The third-order valence-corrected chi connectivity index (χ3v) is 2.77. The van der Waals surface area contributed by atoms with Gasteiger partial charge in [-0.3, -0.25) is 4.68 Å². The number of nitrogens with zero attached hydrogens (tertiary/aromatic N) is 3. The summed E-state index contributed by atoms with van der Waals surface area (Å²) in [6.45, 7) is 4.20. The maximum Gasteiger partial charge on any atom is 0.183 e. The van der Waals surface area contributed by atoms with Crippen molar-refractivity contribution in [2.75, 3.05) is 5.32 Å². The number of nitrogens with one attached hydrogen (secondary N) is 1. The Balaban J connectivity index is 2.24. The lowest BCUT2D eigenvalue weighted by atomic mass is 10.3. The molecule has 0 bridgehead atoms. The maximum atomic E-state index is 4.50. The number of rotatable bonds is 3. The van der Waals surface area contributed by atoms with Gasteiger partial charge in [-0.1, -0.05) is 0 Å². The van der Waals surface area contributed by atoms with Crippen molar-refractivity contribution in [1.82, 2.24) is 14.8 Å². The Morgan fingerprint density at radius 1 is 1.47 bits per heavy atom. The van der Waals surface area contributed by atoms with Gasteiger partial charge in [0.15, 0.2) is 5.13 Å². The van der Waals surface area contributed by atoms with Gasteiger partial charge in [-0.15, -0.1) is 11.3 Å². The lowest BCUT2D eigenvalue weighted by Gasteiger charge is -2.04. The molecule has 2 aromatic heterocycles. The number of thiazole rings is 1. The highest BCUT2D eigenvalue weighted by molar-refractivity contribution is 7.14. The average Bonchev–Trinajstić information content (AvgIpc) is 2.72. The number of hydrogen-bond acceptors (Lipinski definition) is 4. The summed E-state index contributed by atoms with van der Waals surface area (Å²) in [6, 6.07) is 2.38. The highest BCUT2D eigenvalue weighted by atomic mass is 32.1. The van der Waals surface area contributed by atoms with Crippen molar-refractivity contribution in [2.24, 2.45) is 7.05 Å². The van der Waals surface area contributed by atoms with Crippen LogP contribution in [0.3, 0.4) is 0 Å². The molecule has 0 spiro atoms. The highest BCUT2D eigenvalue weighted by Gasteiger charge is 2.07. The molecular formula is C10H14N4S. The standard InChI is InChI=1S/C10H14N4S/c1-7(2)12-10-13-8(6-15-10)9-4-5-11-14(9)3/h4-7H,1-3H3,(H,12,13). The number of aromatic nitrogens is 3. The first-order chi connectivity index (χ1) is 7.16. The molecule has 0 aliphatic rings. The Morgan fingerprint density at radius 3 is 2.87 bits per heavy atom. The van der Waals surface area contributed by atoms with E-state index >= 15 is 0 Å². The molecule has 1 N–H and O–H groups in total. The fraction of sp³-hybridized carbons (Fsp3) is 0.400. The fourth-order valence-corrected chi connectivity index (χ4v) is 2.18. The summed E-state index contributed by atoms with van der Waals surface area (Å²) in [7, 11) is 1.92. The van der Waals surface area contributed by atoms with E-state index in [4.69, 9.17) is 0 Å². The van der Waals surface area contributed by atoms with Gasteiger partial charge in [0.25, 0.3) is 0 Å².